The number of nitrogens with one attached hydrogen (secondary N) is 2. The fraction of sp³-hybridized carbons (Fsp3) is 0.929. The Hall–Kier alpha value is -0.770. The van der Waals surface area contributed by atoms with Crippen molar-refractivity contribution in [3.8, 4) is 0 Å². The Kier molecular flexibility index (Phi) is 5.93. The van der Waals surface area contributed by atoms with Gasteiger partial charge in [0, 0.05) is 19.1 Å². The molecule has 0 aromatic heterocycles. The Labute approximate surface area is 111 Å². The molecule has 0 aromatic carbocycles. The lowest BCUT2D eigenvalue weighted by molar-refractivity contribution is 0.213. The minimum absolute atomic E-state index is 0.433. The van der Waals surface area contributed by atoms with Crippen molar-refractivity contribution in [3.05, 3.63) is 0 Å². The van der Waals surface area contributed by atoms with Crippen molar-refractivity contribution in [2.45, 2.75) is 58.9 Å². The van der Waals surface area contributed by atoms with Crippen molar-refractivity contribution >= 4 is 6.03 Å². The van der Waals surface area contributed by atoms with Crippen molar-refractivity contribution < 1.29 is 4.79 Å². The number of rotatable bonds is 4. The van der Waals surface area contributed by atoms with Gasteiger partial charge in [0.15, 0.2) is 0 Å². The lowest BCUT2D eigenvalue weighted by Crippen LogP contribution is -2.38. The first-order chi connectivity index (χ1) is 8.39. The summed E-state index contributed by atoms with van der Waals surface area (Å²) in [6.07, 6.45) is 6.47. The van der Waals surface area contributed by atoms with Crippen LogP contribution in [0, 0.1) is 11.3 Å². The van der Waals surface area contributed by atoms with E-state index in [0.29, 0.717) is 18.0 Å². The molecular formula is C14H29N3O. The maximum absolute atomic E-state index is 10.5. The van der Waals surface area contributed by atoms with Gasteiger partial charge in [0.2, 0.25) is 0 Å². The number of urea groups is 1. The first-order valence-corrected chi connectivity index (χ1v) is 7.16. The van der Waals surface area contributed by atoms with Crippen LogP contribution in [0.15, 0.2) is 0 Å². The number of hydrogen-bond donors (Lipinski definition) is 3. The molecule has 0 aliphatic heterocycles. The molecule has 2 unspecified atom stereocenters. The molecule has 1 fully saturated rings. The summed E-state index contributed by atoms with van der Waals surface area (Å²) in [6.45, 7) is 8.48. The molecule has 0 spiro atoms. The van der Waals surface area contributed by atoms with Gasteiger partial charge in [-0.15, -0.1) is 0 Å². The Morgan fingerprint density at radius 1 is 1.17 bits per heavy atom. The van der Waals surface area contributed by atoms with E-state index in [1.807, 2.05) is 0 Å². The Bertz CT molecular complexity index is 260. The lowest BCUT2D eigenvalue weighted by Gasteiger charge is -2.29. The molecule has 2 atom stereocenters. The van der Waals surface area contributed by atoms with Crippen molar-refractivity contribution in [3.63, 3.8) is 0 Å². The molecule has 0 radical (unpaired) electrons. The van der Waals surface area contributed by atoms with Crippen molar-refractivity contribution in [2.75, 3.05) is 13.1 Å². The molecular weight excluding hydrogens is 226 g/mol. The van der Waals surface area contributed by atoms with Gasteiger partial charge < -0.3 is 16.4 Å². The van der Waals surface area contributed by atoms with Crippen LogP contribution in [0.25, 0.3) is 0 Å². The summed E-state index contributed by atoms with van der Waals surface area (Å²) >= 11 is 0. The second kappa shape index (κ2) is 6.98. The van der Waals surface area contributed by atoms with Gasteiger partial charge in [-0.1, -0.05) is 27.2 Å². The standard InChI is InChI=1S/C14H29N3O/c1-14(2,3)11-5-4-6-12(8-7-11)16-9-10-17-13(15)18/h11-12,16H,4-10H2,1-3H3,(H3,15,17,18). The number of primary amides is 1. The zero-order valence-electron chi connectivity index (χ0n) is 12.1. The number of nitrogens with two attached hydrogens (primary N) is 1. The highest BCUT2D eigenvalue weighted by molar-refractivity contribution is 5.71. The summed E-state index contributed by atoms with van der Waals surface area (Å²) in [6, 6.07) is 0.164. The monoisotopic (exact) mass is 255 g/mol. The number of hydrogen-bond acceptors (Lipinski definition) is 2. The third-order valence-corrected chi connectivity index (χ3v) is 4.05. The van der Waals surface area contributed by atoms with E-state index in [2.05, 4.69) is 31.4 Å². The van der Waals surface area contributed by atoms with E-state index in [4.69, 9.17) is 5.73 Å². The van der Waals surface area contributed by atoms with E-state index in [1.165, 1.54) is 32.1 Å². The second-order valence-corrected chi connectivity index (χ2v) is 6.51. The minimum atomic E-state index is -0.439. The van der Waals surface area contributed by atoms with E-state index >= 15 is 0 Å². The van der Waals surface area contributed by atoms with Crippen LogP contribution >= 0.6 is 0 Å². The second-order valence-electron chi connectivity index (χ2n) is 6.51. The summed E-state index contributed by atoms with van der Waals surface area (Å²) in [5.41, 5.74) is 5.46. The number of amides is 2. The molecule has 1 saturated carbocycles. The molecule has 0 bridgehead atoms. The lowest BCUT2D eigenvalue weighted by atomic mass is 9.76. The molecule has 1 aliphatic rings. The predicted octanol–water partition coefficient (Wildman–Crippen LogP) is 2.24. The van der Waals surface area contributed by atoms with Crippen LogP contribution < -0.4 is 16.4 Å². The van der Waals surface area contributed by atoms with Gasteiger partial charge in [-0.05, 0) is 37.0 Å². The van der Waals surface area contributed by atoms with Crippen LogP contribution in [0.3, 0.4) is 0 Å². The molecule has 2 amide bonds. The molecule has 4 nitrogen and oxygen atoms in total. The summed E-state index contributed by atoms with van der Waals surface area (Å²) in [5, 5.41) is 6.13. The van der Waals surface area contributed by atoms with Crippen LogP contribution in [0.5, 0.6) is 0 Å². The fourth-order valence-electron chi connectivity index (χ4n) is 2.83. The summed E-state index contributed by atoms with van der Waals surface area (Å²) in [7, 11) is 0. The molecule has 4 heteroatoms. The topological polar surface area (TPSA) is 67.2 Å². The summed E-state index contributed by atoms with van der Waals surface area (Å²) in [5.74, 6) is 0.841. The highest BCUT2D eigenvalue weighted by atomic mass is 16.2. The molecule has 4 N–H and O–H groups in total. The fourth-order valence-corrected chi connectivity index (χ4v) is 2.83. The molecule has 1 rings (SSSR count). The maximum atomic E-state index is 10.5. The minimum Gasteiger partial charge on any atom is -0.352 e. The zero-order chi connectivity index (χ0) is 13.6. The first kappa shape index (κ1) is 15.3. The average molecular weight is 255 g/mol. The van der Waals surface area contributed by atoms with Gasteiger partial charge in [-0.25, -0.2) is 4.79 Å². The average Bonchev–Trinajstić information content (AvgIpc) is 2.48. The number of carbonyl (C=O) groups excluding carboxylic acids is 1. The molecule has 0 aromatic rings. The maximum Gasteiger partial charge on any atom is 0.312 e. The Morgan fingerprint density at radius 3 is 2.50 bits per heavy atom. The van der Waals surface area contributed by atoms with E-state index in [9.17, 15) is 4.79 Å². The van der Waals surface area contributed by atoms with Crippen molar-refractivity contribution in [1.29, 1.82) is 0 Å². The van der Waals surface area contributed by atoms with Gasteiger partial charge in [-0.3, -0.25) is 0 Å². The Morgan fingerprint density at radius 2 is 1.89 bits per heavy atom. The summed E-state index contributed by atoms with van der Waals surface area (Å²) < 4.78 is 0. The van der Waals surface area contributed by atoms with Crippen molar-refractivity contribution in [1.82, 2.24) is 10.6 Å². The van der Waals surface area contributed by atoms with Crippen molar-refractivity contribution in [2.24, 2.45) is 17.1 Å². The van der Waals surface area contributed by atoms with Crippen LogP contribution in [0.2, 0.25) is 0 Å². The molecule has 106 valence electrons. The molecule has 18 heavy (non-hydrogen) atoms. The quantitative estimate of drug-likeness (QED) is 0.533. The van der Waals surface area contributed by atoms with Gasteiger partial charge in [-0.2, -0.15) is 0 Å². The smallest absolute Gasteiger partial charge is 0.312 e. The highest BCUT2D eigenvalue weighted by Crippen LogP contribution is 2.36. The van der Waals surface area contributed by atoms with Gasteiger partial charge >= 0.3 is 6.03 Å². The van der Waals surface area contributed by atoms with Crippen LogP contribution in [-0.4, -0.2) is 25.2 Å². The highest BCUT2D eigenvalue weighted by Gasteiger charge is 2.27. The first-order valence-electron chi connectivity index (χ1n) is 7.16. The predicted molar refractivity (Wildman–Crippen MR) is 75.4 cm³/mol. The normalized spacial score (nSPS) is 25.5. The zero-order valence-corrected chi connectivity index (χ0v) is 12.1. The SMILES string of the molecule is CC(C)(C)C1CCCC(NCCNC(N)=O)CC1. The molecule has 0 heterocycles. The van der Waals surface area contributed by atoms with Crippen LogP contribution in [-0.2, 0) is 0 Å². The third-order valence-electron chi connectivity index (χ3n) is 4.05. The molecule has 0 saturated heterocycles. The van der Waals surface area contributed by atoms with Crippen LogP contribution in [0.4, 0.5) is 4.79 Å². The van der Waals surface area contributed by atoms with E-state index in [-0.39, 0.29) is 0 Å². The van der Waals surface area contributed by atoms with E-state index in [1.54, 1.807) is 0 Å². The largest absolute Gasteiger partial charge is 0.352 e. The van der Waals surface area contributed by atoms with Gasteiger partial charge in [0.05, 0.1) is 0 Å². The van der Waals surface area contributed by atoms with Crippen LogP contribution in [0.1, 0.15) is 52.9 Å². The van der Waals surface area contributed by atoms with Gasteiger partial charge in [0.25, 0.3) is 0 Å². The van der Waals surface area contributed by atoms with E-state index in [0.717, 1.165) is 12.5 Å². The third kappa shape index (κ3) is 5.71. The summed E-state index contributed by atoms with van der Waals surface area (Å²) in [4.78, 5) is 10.5. The van der Waals surface area contributed by atoms with E-state index < -0.39 is 6.03 Å². The molecule has 1 aliphatic carbocycles. The number of carbonyl (C=O) groups is 1. The Balaban J connectivity index is 2.23. The van der Waals surface area contributed by atoms with Gasteiger partial charge in [0.1, 0.15) is 0 Å².